The lowest BCUT2D eigenvalue weighted by molar-refractivity contribution is -0.136. The Morgan fingerprint density at radius 2 is 1.93 bits per heavy atom. The molecule has 3 N–H and O–H groups in total. The van der Waals surface area contributed by atoms with Crippen molar-refractivity contribution in [1.82, 2.24) is 15.1 Å². The Balaban J connectivity index is 1.67. The Morgan fingerprint density at radius 1 is 1.26 bits per heavy atom. The maximum Gasteiger partial charge on any atom is 0.236 e. The van der Waals surface area contributed by atoms with Gasteiger partial charge in [-0.15, -0.1) is 0 Å². The topological polar surface area (TPSA) is 90.0 Å². The average Bonchev–Trinajstić information content (AvgIpc) is 3.31. The highest BCUT2D eigenvalue weighted by atomic mass is 19.1. The van der Waals surface area contributed by atoms with Crippen LogP contribution in [0.25, 0.3) is 5.69 Å². The lowest BCUT2D eigenvalue weighted by atomic mass is 9.74. The third-order valence-corrected chi connectivity index (χ3v) is 5.71. The standard InChI is InChI=1S/C20H23FN4O2/c1-19(2)9-15(24-18(27)20(7-8-20)17(22)26)14-11-23-25(16(14)10-19)13-5-3-12(21)4-6-13/h3-6,11,15H,7-10H2,1-2H3,(H2,22,26)(H,24,27)/t15-/m1/s1. The minimum absolute atomic E-state index is 0.0633. The number of hydrogen-bond acceptors (Lipinski definition) is 3. The average molecular weight is 370 g/mol. The van der Waals surface area contributed by atoms with Crippen LogP contribution in [0.1, 0.15) is 50.4 Å². The van der Waals surface area contributed by atoms with Crippen molar-refractivity contribution < 1.29 is 14.0 Å². The molecule has 1 atom stereocenters. The molecule has 0 saturated heterocycles. The van der Waals surface area contributed by atoms with Gasteiger partial charge in [-0.25, -0.2) is 9.07 Å². The third-order valence-electron chi connectivity index (χ3n) is 5.71. The van der Waals surface area contributed by atoms with Crippen LogP contribution >= 0.6 is 0 Å². The molecule has 2 amide bonds. The number of nitrogens with one attached hydrogen (secondary N) is 1. The van der Waals surface area contributed by atoms with Gasteiger partial charge in [0.25, 0.3) is 0 Å². The summed E-state index contributed by atoms with van der Waals surface area (Å²) < 4.78 is 15.1. The zero-order valence-corrected chi connectivity index (χ0v) is 15.5. The van der Waals surface area contributed by atoms with Crippen molar-refractivity contribution in [2.24, 2.45) is 16.6 Å². The summed E-state index contributed by atoms with van der Waals surface area (Å²) in [5, 5.41) is 7.52. The molecular formula is C20H23FN4O2. The second-order valence-corrected chi connectivity index (χ2v) is 8.45. The normalized spacial score (nSPS) is 22.0. The van der Waals surface area contributed by atoms with Gasteiger partial charge in [-0.3, -0.25) is 9.59 Å². The number of carbonyl (C=O) groups is 2. The van der Waals surface area contributed by atoms with E-state index in [0.29, 0.717) is 12.8 Å². The number of rotatable bonds is 4. The zero-order chi connectivity index (χ0) is 19.4. The number of amides is 2. The van der Waals surface area contributed by atoms with E-state index in [4.69, 9.17) is 5.73 Å². The van der Waals surface area contributed by atoms with Crippen molar-refractivity contribution in [3.63, 3.8) is 0 Å². The van der Waals surface area contributed by atoms with Crippen molar-refractivity contribution in [2.75, 3.05) is 0 Å². The summed E-state index contributed by atoms with van der Waals surface area (Å²) in [4.78, 5) is 24.4. The maximum atomic E-state index is 13.3. The molecule has 1 heterocycles. The first-order chi connectivity index (χ1) is 12.7. The molecule has 1 aromatic carbocycles. The Bertz CT molecular complexity index is 913. The molecule has 2 aliphatic carbocycles. The smallest absolute Gasteiger partial charge is 0.236 e. The molecule has 27 heavy (non-hydrogen) atoms. The minimum Gasteiger partial charge on any atom is -0.369 e. The monoisotopic (exact) mass is 370 g/mol. The van der Waals surface area contributed by atoms with Gasteiger partial charge in [0.2, 0.25) is 11.8 Å². The lowest BCUT2D eigenvalue weighted by Gasteiger charge is -2.36. The van der Waals surface area contributed by atoms with Crippen molar-refractivity contribution in [1.29, 1.82) is 0 Å². The molecule has 2 aliphatic rings. The number of nitrogens with zero attached hydrogens (tertiary/aromatic N) is 2. The zero-order valence-electron chi connectivity index (χ0n) is 15.5. The van der Waals surface area contributed by atoms with Crippen LogP contribution in [0.15, 0.2) is 30.5 Å². The van der Waals surface area contributed by atoms with E-state index in [-0.39, 0.29) is 23.2 Å². The van der Waals surface area contributed by atoms with Crippen LogP contribution in [0.5, 0.6) is 0 Å². The second-order valence-electron chi connectivity index (χ2n) is 8.45. The number of aromatic nitrogens is 2. The molecule has 2 aromatic rings. The number of carbonyl (C=O) groups excluding carboxylic acids is 2. The van der Waals surface area contributed by atoms with Crippen LogP contribution in [0.4, 0.5) is 4.39 Å². The van der Waals surface area contributed by atoms with Gasteiger partial charge in [0.15, 0.2) is 0 Å². The largest absolute Gasteiger partial charge is 0.369 e. The highest BCUT2D eigenvalue weighted by molar-refractivity contribution is 6.07. The molecule has 0 unspecified atom stereocenters. The fraction of sp³-hybridized carbons (Fsp3) is 0.450. The summed E-state index contributed by atoms with van der Waals surface area (Å²) in [7, 11) is 0. The van der Waals surface area contributed by atoms with Crippen molar-refractivity contribution in [3.05, 3.63) is 47.5 Å². The van der Waals surface area contributed by atoms with Gasteiger partial charge < -0.3 is 11.1 Å². The summed E-state index contributed by atoms with van der Waals surface area (Å²) in [6, 6.07) is 5.94. The Kier molecular flexibility index (Phi) is 3.87. The van der Waals surface area contributed by atoms with Crippen molar-refractivity contribution in [2.45, 2.75) is 45.6 Å². The van der Waals surface area contributed by atoms with E-state index in [1.54, 1.807) is 23.0 Å². The van der Waals surface area contributed by atoms with E-state index >= 15 is 0 Å². The summed E-state index contributed by atoms with van der Waals surface area (Å²) in [5.41, 5.74) is 7.03. The summed E-state index contributed by atoms with van der Waals surface area (Å²) >= 11 is 0. The highest BCUT2D eigenvalue weighted by Crippen LogP contribution is 2.47. The predicted octanol–water partition coefficient (Wildman–Crippen LogP) is 2.41. The molecule has 0 spiro atoms. The van der Waals surface area contributed by atoms with Crippen LogP contribution in [-0.2, 0) is 16.0 Å². The van der Waals surface area contributed by atoms with Gasteiger partial charge in [-0.2, -0.15) is 5.10 Å². The number of fused-ring (bicyclic) bond motifs is 1. The molecule has 4 rings (SSSR count). The summed E-state index contributed by atoms with van der Waals surface area (Å²) in [5.74, 6) is -1.15. The molecule has 0 aliphatic heterocycles. The van der Waals surface area contributed by atoms with Gasteiger partial charge in [-0.05, 0) is 55.4 Å². The summed E-state index contributed by atoms with van der Waals surface area (Å²) in [6.45, 7) is 4.27. The highest BCUT2D eigenvalue weighted by Gasteiger charge is 2.56. The molecule has 1 aromatic heterocycles. The van der Waals surface area contributed by atoms with E-state index < -0.39 is 11.3 Å². The SMILES string of the molecule is CC1(C)Cc2c(cnn2-c2ccc(F)cc2)[C@H](NC(=O)C2(C(N)=O)CC2)C1. The van der Waals surface area contributed by atoms with Crippen LogP contribution < -0.4 is 11.1 Å². The molecular weight excluding hydrogens is 347 g/mol. The van der Waals surface area contributed by atoms with Crippen molar-refractivity contribution >= 4 is 11.8 Å². The van der Waals surface area contributed by atoms with Crippen LogP contribution in [-0.4, -0.2) is 21.6 Å². The van der Waals surface area contributed by atoms with E-state index in [0.717, 1.165) is 29.8 Å². The second kappa shape index (κ2) is 5.90. The fourth-order valence-electron chi connectivity index (χ4n) is 3.98. The number of halogens is 1. The molecule has 1 fully saturated rings. The van der Waals surface area contributed by atoms with Gasteiger partial charge in [0.1, 0.15) is 11.2 Å². The van der Waals surface area contributed by atoms with Crippen LogP contribution in [0.3, 0.4) is 0 Å². The third kappa shape index (κ3) is 3.01. The molecule has 0 radical (unpaired) electrons. The van der Waals surface area contributed by atoms with Gasteiger partial charge in [0, 0.05) is 5.56 Å². The molecule has 7 heteroatoms. The number of hydrogen-bond donors (Lipinski definition) is 2. The molecule has 142 valence electrons. The fourth-order valence-corrected chi connectivity index (χ4v) is 3.98. The van der Waals surface area contributed by atoms with Gasteiger partial charge >= 0.3 is 0 Å². The Labute approximate surface area is 156 Å². The number of primary amides is 1. The molecule has 6 nitrogen and oxygen atoms in total. The van der Waals surface area contributed by atoms with Crippen LogP contribution in [0.2, 0.25) is 0 Å². The van der Waals surface area contributed by atoms with Crippen LogP contribution in [0, 0.1) is 16.6 Å². The number of benzene rings is 1. The Hall–Kier alpha value is -2.70. The van der Waals surface area contributed by atoms with Gasteiger partial charge in [0.05, 0.1) is 23.6 Å². The quantitative estimate of drug-likeness (QED) is 0.810. The first-order valence-electron chi connectivity index (χ1n) is 9.15. The van der Waals surface area contributed by atoms with E-state index in [9.17, 15) is 14.0 Å². The Morgan fingerprint density at radius 3 is 2.52 bits per heavy atom. The van der Waals surface area contributed by atoms with E-state index in [1.165, 1.54) is 12.1 Å². The molecule has 0 bridgehead atoms. The summed E-state index contributed by atoms with van der Waals surface area (Å²) in [6.07, 6.45) is 4.30. The lowest BCUT2D eigenvalue weighted by Crippen LogP contribution is -2.44. The van der Waals surface area contributed by atoms with E-state index in [2.05, 4.69) is 24.3 Å². The van der Waals surface area contributed by atoms with Gasteiger partial charge in [-0.1, -0.05) is 13.8 Å². The first kappa shape index (κ1) is 17.7. The predicted molar refractivity (Wildman–Crippen MR) is 97.4 cm³/mol. The minimum atomic E-state index is -1.05. The number of nitrogens with two attached hydrogens (primary N) is 1. The molecule has 1 saturated carbocycles. The maximum absolute atomic E-state index is 13.3. The van der Waals surface area contributed by atoms with Crippen molar-refractivity contribution in [3.8, 4) is 5.69 Å². The van der Waals surface area contributed by atoms with E-state index in [1.807, 2.05) is 0 Å². The first-order valence-corrected chi connectivity index (χ1v) is 9.15.